The van der Waals surface area contributed by atoms with Crippen LogP contribution >= 0.6 is 0 Å². The van der Waals surface area contributed by atoms with Gasteiger partial charge in [-0.25, -0.2) is 4.79 Å². The Morgan fingerprint density at radius 3 is 2.43 bits per heavy atom. The normalized spacial score (nSPS) is 19.7. The topological polar surface area (TPSA) is 125 Å². The van der Waals surface area contributed by atoms with Crippen LogP contribution in [0.3, 0.4) is 0 Å². The number of nitrogens with one attached hydrogen (secondary N) is 3. The molecule has 1 aliphatic rings. The highest BCUT2D eigenvalue weighted by molar-refractivity contribution is 5.99. The summed E-state index contributed by atoms with van der Waals surface area (Å²) < 4.78 is 0. The summed E-state index contributed by atoms with van der Waals surface area (Å²) in [6, 6.07) is 6.39. The number of hydrogen-bond acceptors (Lipinski definition) is 4. The van der Waals surface area contributed by atoms with E-state index >= 15 is 0 Å². The average molecular weight is 385 g/mol. The molecule has 1 aromatic carbocycles. The molecule has 1 aromatic rings. The average Bonchev–Trinajstić information content (AvgIpc) is 2.66. The van der Waals surface area contributed by atoms with Crippen molar-refractivity contribution in [3.05, 3.63) is 35.9 Å². The summed E-state index contributed by atoms with van der Waals surface area (Å²) >= 11 is 0. The molecule has 0 aromatic heterocycles. The van der Waals surface area contributed by atoms with Gasteiger partial charge in [-0.05, 0) is 18.4 Å². The Labute approximate surface area is 163 Å². The Morgan fingerprint density at radius 2 is 1.79 bits per heavy atom. The van der Waals surface area contributed by atoms with Crippen LogP contribution in [0.15, 0.2) is 30.3 Å². The number of benzene rings is 1. The number of aliphatic carboxylic acids is 1. The molecular formula is C20H23N3O5. The fourth-order valence-corrected chi connectivity index (χ4v) is 2.92. The largest absolute Gasteiger partial charge is 0.480 e. The molecule has 1 aliphatic heterocycles. The lowest BCUT2D eigenvalue weighted by Gasteiger charge is -2.29. The molecule has 0 radical (unpaired) electrons. The van der Waals surface area contributed by atoms with Crippen molar-refractivity contribution < 1.29 is 24.3 Å². The first-order valence-corrected chi connectivity index (χ1v) is 9.01. The van der Waals surface area contributed by atoms with Gasteiger partial charge < -0.3 is 21.1 Å². The lowest BCUT2D eigenvalue weighted by Crippen LogP contribution is -2.63. The zero-order chi connectivity index (χ0) is 20.5. The minimum absolute atomic E-state index is 0.188. The second-order valence-electron chi connectivity index (χ2n) is 6.57. The Bertz CT molecular complexity index is 772. The van der Waals surface area contributed by atoms with E-state index in [9.17, 15) is 24.3 Å². The maximum absolute atomic E-state index is 12.3. The van der Waals surface area contributed by atoms with Crippen molar-refractivity contribution in [2.24, 2.45) is 0 Å². The number of unbranched alkanes of at least 4 members (excludes halogenated alkanes) is 1. The molecule has 28 heavy (non-hydrogen) atoms. The summed E-state index contributed by atoms with van der Waals surface area (Å²) in [5.74, 6) is -0.259. The first kappa shape index (κ1) is 21.0. The molecule has 1 heterocycles. The number of rotatable bonds is 9. The molecule has 2 rings (SSSR count). The lowest BCUT2D eigenvalue weighted by molar-refractivity contribution is -0.143. The summed E-state index contributed by atoms with van der Waals surface area (Å²) in [5, 5.41) is 16.7. The first-order chi connectivity index (χ1) is 13.4. The van der Waals surface area contributed by atoms with Crippen molar-refractivity contribution in [2.75, 3.05) is 0 Å². The molecule has 0 spiro atoms. The standard InChI is InChI=1S/C20H23N3O5/c1-2-3-5-10-14(20(27)28)21-17(24)12-16-19(26)22-15(18(25)23-16)11-13-8-6-4-7-9-13/h1,4,6-9,14-16H,3,5,10-12H2,(H,21,24)(H,22,26)(H,23,25)(H,27,28)/t14-,15-,16-/m0/s1. The predicted molar refractivity (Wildman–Crippen MR) is 101 cm³/mol. The molecule has 0 unspecified atom stereocenters. The number of terminal acetylenes is 1. The molecule has 3 atom stereocenters. The Hall–Kier alpha value is -3.34. The molecule has 3 amide bonds. The minimum Gasteiger partial charge on any atom is -0.480 e. The van der Waals surface area contributed by atoms with Crippen molar-refractivity contribution >= 4 is 23.7 Å². The summed E-state index contributed by atoms with van der Waals surface area (Å²) in [4.78, 5) is 47.9. The number of piperazine rings is 1. The van der Waals surface area contributed by atoms with Gasteiger partial charge in [-0.2, -0.15) is 0 Å². The molecule has 1 fully saturated rings. The molecule has 148 valence electrons. The van der Waals surface area contributed by atoms with Gasteiger partial charge in [-0.3, -0.25) is 14.4 Å². The summed E-state index contributed by atoms with van der Waals surface area (Å²) in [6.07, 6.45) is 6.18. The summed E-state index contributed by atoms with van der Waals surface area (Å²) in [6.45, 7) is 0. The Kier molecular flexibility index (Phi) is 7.57. The van der Waals surface area contributed by atoms with Gasteiger partial charge in [0.1, 0.15) is 18.1 Å². The van der Waals surface area contributed by atoms with Crippen LogP contribution in [0.5, 0.6) is 0 Å². The van der Waals surface area contributed by atoms with Gasteiger partial charge in [-0.15, -0.1) is 12.3 Å². The van der Waals surface area contributed by atoms with Gasteiger partial charge in [0.05, 0.1) is 6.42 Å². The second kappa shape index (κ2) is 10.1. The fourth-order valence-electron chi connectivity index (χ4n) is 2.92. The van der Waals surface area contributed by atoms with Crippen molar-refractivity contribution in [3.8, 4) is 12.3 Å². The number of hydrogen-bond donors (Lipinski definition) is 4. The zero-order valence-corrected chi connectivity index (χ0v) is 15.3. The highest BCUT2D eigenvalue weighted by Crippen LogP contribution is 2.09. The third-order valence-corrected chi connectivity index (χ3v) is 4.39. The van der Waals surface area contributed by atoms with Crippen molar-refractivity contribution in [1.29, 1.82) is 0 Å². The molecule has 8 nitrogen and oxygen atoms in total. The van der Waals surface area contributed by atoms with Gasteiger partial charge in [0.15, 0.2) is 0 Å². The SMILES string of the molecule is C#CCCC[C@H](NC(=O)C[C@@H]1NC(=O)[C@H](Cc2ccccc2)NC1=O)C(=O)O. The van der Waals surface area contributed by atoms with Crippen LogP contribution in [0.2, 0.25) is 0 Å². The molecule has 8 heteroatoms. The molecule has 1 saturated heterocycles. The quantitative estimate of drug-likeness (QED) is 0.351. The van der Waals surface area contributed by atoms with E-state index in [1.54, 1.807) is 0 Å². The molecule has 0 bridgehead atoms. The van der Waals surface area contributed by atoms with E-state index in [1.165, 1.54) is 0 Å². The fraction of sp³-hybridized carbons (Fsp3) is 0.400. The van der Waals surface area contributed by atoms with Crippen LogP contribution in [0, 0.1) is 12.3 Å². The lowest BCUT2D eigenvalue weighted by atomic mass is 10.0. The van der Waals surface area contributed by atoms with Gasteiger partial charge in [0, 0.05) is 12.8 Å². The Morgan fingerprint density at radius 1 is 1.14 bits per heavy atom. The van der Waals surface area contributed by atoms with E-state index in [4.69, 9.17) is 6.42 Å². The van der Waals surface area contributed by atoms with Crippen LogP contribution in [0.4, 0.5) is 0 Å². The van der Waals surface area contributed by atoms with Crippen LogP contribution in [0.25, 0.3) is 0 Å². The van der Waals surface area contributed by atoms with E-state index in [1.807, 2.05) is 30.3 Å². The zero-order valence-electron chi connectivity index (χ0n) is 15.3. The van der Waals surface area contributed by atoms with E-state index in [-0.39, 0.29) is 18.7 Å². The number of carbonyl (C=O) groups excluding carboxylic acids is 3. The number of carbonyl (C=O) groups is 4. The number of carboxylic acids is 1. The molecule has 0 saturated carbocycles. The van der Waals surface area contributed by atoms with Crippen molar-refractivity contribution in [3.63, 3.8) is 0 Å². The molecular weight excluding hydrogens is 362 g/mol. The van der Waals surface area contributed by atoms with E-state index in [0.717, 1.165) is 5.56 Å². The van der Waals surface area contributed by atoms with Crippen molar-refractivity contribution in [2.45, 2.75) is 50.2 Å². The van der Waals surface area contributed by atoms with Crippen LogP contribution < -0.4 is 16.0 Å². The summed E-state index contributed by atoms with van der Waals surface area (Å²) in [7, 11) is 0. The van der Waals surface area contributed by atoms with Crippen LogP contribution in [-0.2, 0) is 25.6 Å². The Balaban J connectivity index is 1.88. The van der Waals surface area contributed by atoms with Gasteiger partial charge in [0.2, 0.25) is 17.7 Å². The third kappa shape index (κ3) is 6.13. The molecule has 0 aliphatic carbocycles. The van der Waals surface area contributed by atoms with Gasteiger partial charge in [-0.1, -0.05) is 30.3 Å². The maximum Gasteiger partial charge on any atom is 0.326 e. The minimum atomic E-state index is -1.18. The summed E-state index contributed by atoms with van der Waals surface area (Å²) in [5.41, 5.74) is 0.899. The van der Waals surface area contributed by atoms with E-state index < -0.39 is 35.9 Å². The third-order valence-electron chi connectivity index (χ3n) is 4.39. The van der Waals surface area contributed by atoms with Crippen molar-refractivity contribution in [1.82, 2.24) is 16.0 Å². The van der Waals surface area contributed by atoms with Crippen LogP contribution in [0.1, 0.15) is 31.2 Å². The highest BCUT2D eigenvalue weighted by atomic mass is 16.4. The molecule has 4 N–H and O–H groups in total. The second-order valence-corrected chi connectivity index (χ2v) is 6.57. The van der Waals surface area contributed by atoms with Gasteiger partial charge in [0.25, 0.3) is 0 Å². The smallest absolute Gasteiger partial charge is 0.326 e. The van der Waals surface area contributed by atoms with E-state index in [0.29, 0.717) is 19.3 Å². The monoisotopic (exact) mass is 385 g/mol. The van der Waals surface area contributed by atoms with Crippen LogP contribution in [-0.4, -0.2) is 46.9 Å². The number of amides is 3. The highest BCUT2D eigenvalue weighted by Gasteiger charge is 2.35. The first-order valence-electron chi connectivity index (χ1n) is 9.01. The predicted octanol–water partition coefficient (Wildman–Crippen LogP) is -0.0247. The van der Waals surface area contributed by atoms with E-state index in [2.05, 4.69) is 21.9 Å². The van der Waals surface area contributed by atoms with Gasteiger partial charge >= 0.3 is 5.97 Å². The number of carboxylic acid groups (broad SMARTS) is 1. The maximum atomic E-state index is 12.3.